The van der Waals surface area contributed by atoms with Crippen molar-refractivity contribution < 1.29 is 14.3 Å². The van der Waals surface area contributed by atoms with Gasteiger partial charge in [-0.25, -0.2) is 0 Å². The van der Waals surface area contributed by atoms with Gasteiger partial charge >= 0.3 is 5.97 Å². The molecule has 18 heavy (non-hydrogen) atoms. The minimum atomic E-state index is -0.156. The number of carbonyl (C=O) groups is 1. The van der Waals surface area contributed by atoms with E-state index in [2.05, 4.69) is 13.8 Å². The summed E-state index contributed by atoms with van der Waals surface area (Å²) < 4.78 is 10.7. The number of benzene rings is 1. The predicted molar refractivity (Wildman–Crippen MR) is 71.7 cm³/mol. The molecule has 0 aliphatic heterocycles. The molecule has 0 saturated carbocycles. The van der Waals surface area contributed by atoms with Crippen LogP contribution in [0.2, 0.25) is 0 Å². The van der Waals surface area contributed by atoms with Gasteiger partial charge in [-0.1, -0.05) is 32.0 Å². The molecule has 0 radical (unpaired) electrons. The Labute approximate surface area is 109 Å². The van der Waals surface area contributed by atoms with Crippen LogP contribution in [0.3, 0.4) is 0 Å². The lowest BCUT2D eigenvalue weighted by atomic mass is 10.1. The monoisotopic (exact) mass is 250 g/mol. The van der Waals surface area contributed by atoms with E-state index in [1.807, 2.05) is 31.2 Å². The molecule has 3 nitrogen and oxygen atoms in total. The molecule has 0 bridgehead atoms. The number of rotatable bonds is 7. The SMILES string of the molecule is CCOC(=O)CCc1ccccc1OCC(C)C. The van der Waals surface area contributed by atoms with E-state index >= 15 is 0 Å². The first-order chi connectivity index (χ1) is 8.63. The highest BCUT2D eigenvalue weighted by molar-refractivity contribution is 5.69. The number of esters is 1. The van der Waals surface area contributed by atoms with Crippen LogP contribution in [0, 0.1) is 5.92 Å². The van der Waals surface area contributed by atoms with Crippen molar-refractivity contribution in [3.05, 3.63) is 29.8 Å². The molecule has 0 heterocycles. The third kappa shape index (κ3) is 5.21. The molecule has 0 fully saturated rings. The maximum absolute atomic E-state index is 11.3. The van der Waals surface area contributed by atoms with E-state index in [1.165, 1.54) is 0 Å². The predicted octanol–water partition coefficient (Wildman–Crippen LogP) is 3.22. The molecule has 1 aromatic carbocycles. The average Bonchev–Trinajstić information content (AvgIpc) is 2.35. The van der Waals surface area contributed by atoms with E-state index < -0.39 is 0 Å². The Kier molecular flexibility index (Phi) is 6.26. The first kappa shape index (κ1) is 14.6. The van der Waals surface area contributed by atoms with Crippen LogP contribution in [-0.4, -0.2) is 19.2 Å². The lowest BCUT2D eigenvalue weighted by Crippen LogP contribution is -2.08. The fourth-order valence-corrected chi connectivity index (χ4v) is 1.58. The van der Waals surface area contributed by atoms with Crippen LogP contribution in [-0.2, 0) is 16.0 Å². The van der Waals surface area contributed by atoms with E-state index in [9.17, 15) is 4.79 Å². The van der Waals surface area contributed by atoms with Gasteiger partial charge in [-0.3, -0.25) is 4.79 Å². The second-order valence-corrected chi connectivity index (χ2v) is 4.62. The smallest absolute Gasteiger partial charge is 0.306 e. The summed E-state index contributed by atoms with van der Waals surface area (Å²) in [6.45, 7) is 7.17. The van der Waals surface area contributed by atoms with Crippen molar-refractivity contribution in [2.75, 3.05) is 13.2 Å². The summed E-state index contributed by atoms with van der Waals surface area (Å²) in [5, 5.41) is 0. The van der Waals surface area contributed by atoms with Crippen LogP contribution in [0.4, 0.5) is 0 Å². The topological polar surface area (TPSA) is 35.5 Å². The zero-order valence-corrected chi connectivity index (χ0v) is 11.4. The van der Waals surface area contributed by atoms with E-state index in [0.29, 0.717) is 32.0 Å². The summed E-state index contributed by atoms with van der Waals surface area (Å²) in [7, 11) is 0. The van der Waals surface area contributed by atoms with Crippen molar-refractivity contribution in [3.8, 4) is 5.75 Å². The Balaban J connectivity index is 2.56. The Morgan fingerprint density at radius 3 is 2.67 bits per heavy atom. The van der Waals surface area contributed by atoms with Gasteiger partial charge < -0.3 is 9.47 Å². The summed E-state index contributed by atoms with van der Waals surface area (Å²) >= 11 is 0. The highest BCUT2D eigenvalue weighted by atomic mass is 16.5. The number of ether oxygens (including phenoxy) is 2. The van der Waals surface area contributed by atoms with Crippen LogP contribution in [0.15, 0.2) is 24.3 Å². The zero-order valence-electron chi connectivity index (χ0n) is 11.4. The lowest BCUT2D eigenvalue weighted by molar-refractivity contribution is -0.143. The standard InChI is InChI=1S/C15H22O3/c1-4-17-15(16)10-9-13-7-5-6-8-14(13)18-11-12(2)3/h5-8,12H,4,9-11H2,1-3H3. The molecule has 0 aromatic heterocycles. The average molecular weight is 250 g/mol. The van der Waals surface area contributed by atoms with E-state index in [-0.39, 0.29) is 5.97 Å². The molecule has 0 atom stereocenters. The Hall–Kier alpha value is -1.51. The highest BCUT2D eigenvalue weighted by Crippen LogP contribution is 2.20. The van der Waals surface area contributed by atoms with Crippen molar-refractivity contribution in [2.24, 2.45) is 5.92 Å². The molecular formula is C15H22O3. The van der Waals surface area contributed by atoms with Crippen molar-refractivity contribution in [3.63, 3.8) is 0 Å². The number of hydrogen-bond acceptors (Lipinski definition) is 3. The summed E-state index contributed by atoms with van der Waals surface area (Å²) in [6, 6.07) is 7.85. The molecule has 0 aliphatic rings. The maximum atomic E-state index is 11.3. The van der Waals surface area contributed by atoms with Crippen LogP contribution in [0.1, 0.15) is 32.8 Å². The molecule has 1 aromatic rings. The van der Waals surface area contributed by atoms with Crippen molar-refractivity contribution in [2.45, 2.75) is 33.6 Å². The molecule has 3 heteroatoms. The molecule has 0 spiro atoms. The summed E-state index contributed by atoms with van der Waals surface area (Å²) in [6.07, 6.45) is 1.06. The van der Waals surface area contributed by atoms with Gasteiger partial charge in [0.1, 0.15) is 5.75 Å². The first-order valence-corrected chi connectivity index (χ1v) is 6.49. The minimum absolute atomic E-state index is 0.156. The van der Waals surface area contributed by atoms with Crippen molar-refractivity contribution >= 4 is 5.97 Å². The van der Waals surface area contributed by atoms with Crippen LogP contribution >= 0.6 is 0 Å². The highest BCUT2D eigenvalue weighted by Gasteiger charge is 2.07. The second kappa shape index (κ2) is 7.75. The zero-order chi connectivity index (χ0) is 13.4. The van der Waals surface area contributed by atoms with Gasteiger partial charge in [-0.05, 0) is 30.9 Å². The second-order valence-electron chi connectivity index (χ2n) is 4.62. The van der Waals surface area contributed by atoms with Gasteiger partial charge in [-0.2, -0.15) is 0 Å². The quantitative estimate of drug-likeness (QED) is 0.697. The molecular weight excluding hydrogens is 228 g/mol. The fourth-order valence-electron chi connectivity index (χ4n) is 1.58. The number of hydrogen-bond donors (Lipinski definition) is 0. The van der Waals surface area contributed by atoms with Gasteiger partial charge in [0, 0.05) is 6.42 Å². The number of para-hydroxylation sites is 1. The van der Waals surface area contributed by atoms with E-state index in [1.54, 1.807) is 0 Å². The van der Waals surface area contributed by atoms with Gasteiger partial charge in [0.15, 0.2) is 0 Å². The van der Waals surface area contributed by atoms with Gasteiger partial charge in [0.2, 0.25) is 0 Å². The largest absolute Gasteiger partial charge is 0.493 e. The van der Waals surface area contributed by atoms with Gasteiger partial charge in [0.25, 0.3) is 0 Å². The molecule has 0 aliphatic carbocycles. The van der Waals surface area contributed by atoms with Gasteiger partial charge in [-0.15, -0.1) is 0 Å². The Morgan fingerprint density at radius 1 is 1.28 bits per heavy atom. The van der Waals surface area contributed by atoms with Gasteiger partial charge in [0.05, 0.1) is 13.2 Å². The fraction of sp³-hybridized carbons (Fsp3) is 0.533. The number of aryl methyl sites for hydroxylation is 1. The summed E-state index contributed by atoms with van der Waals surface area (Å²) in [5.74, 6) is 1.20. The first-order valence-electron chi connectivity index (χ1n) is 6.49. The summed E-state index contributed by atoms with van der Waals surface area (Å²) in [5.41, 5.74) is 1.06. The molecule has 0 saturated heterocycles. The Morgan fingerprint density at radius 2 is 2.00 bits per heavy atom. The van der Waals surface area contributed by atoms with Crippen molar-refractivity contribution in [1.82, 2.24) is 0 Å². The number of carbonyl (C=O) groups excluding carboxylic acids is 1. The van der Waals surface area contributed by atoms with E-state index in [4.69, 9.17) is 9.47 Å². The third-order valence-corrected chi connectivity index (χ3v) is 2.45. The van der Waals surface area contributed by atoms with E-state index in [0.717, 1.165) is 11.3 Å². The summed E-state index contributed by atoms with van der Waals surface area (Å²) in [4.78, 5) is 11.3. The molecule has 0 amide bonds. The molecule has 0 unspecified atom stereocenters. The third-order valence-electron chi connectivity index (χ3n) is 2.45. The minimum Gasteiger partial charge on any atom is -0.493 e. The molecule has 1 rings (SSSR count). The lowest BCUT2D eigenvalue weighted by Gasteiger charge is -2.12. The molecule has 100 valence electrons. The Bertz CT molecular complexity index is 372. The molecule has 0 N–H and O–H groups in total. The van der Waals surface area contributed by atoms with Crippen molar-refractivity contribution in [1.29, 1.82) is 0 Å². The van der Waals surface area contributed by atoms with Crippen LogP contribution < -0.4 is 4.74 Å². The van der Waals surface area contributed by atoms with Crippen LogP contribution in [0.5, 0.6) is 5.75 Å². The maximum Gasteiger partial charge on any atom is 0.306 e. The normalized spacial score (nSPS) is 10.4. The van der Waals surface area contributed by atoms with Crippen LogP contribution in [0.25, 0.3) is 0 Å².